The summed E-state index contributed by atoms with van der Waals surface area (Å²) in [4.78, 5) is 9.13. The molecule has 0 saturated heterocycles. The maximum atomic E-state index is 11.5. The Balaban J connectivity index is 2.29. The van der Waals surface area contributed by atoms with Crippen LogP contribution in [0.3, 0.4) is 0 Å². The van der Waals surface area contributed by atoms with Gasteiger partial charge in [-0.2, -0.15) is 0 Å². The van der Waals surface area contributed by atoms with Crippen molar-refractivity contribution < 1.29 is 8.42 Å². The fraction of sp³-hybridized carbons (Fsp3) is 0.375. The van der Waals surface area contributed by atoms with E-state index in [2.05, 4.69) is 36.1 Å². The predicted octanol–water partition coefficient (Wildman–Crippen LogP) is 3.23. The molecule has 0 aliphatic carbocycles. The molecule has 1 aromatic carbocycles. The zero-order valence-electron chi connectivity index (χ0n) is 13.5. The quantitative estimate of drug-likeness (QED) is 0.940. The van der Waals surface area contributed by atoms with Gasteiger partial charge in [0.1, 0.15) is 11.6 Å². The highest BCUT2D eigenvalue weighted by Crippen LogP contribution is 2.24. The second kappa shape index (κ2) is 5.68. The summed E-state index contributed by atoms with van der Waals surface area (Å²) in [6, 6.07) is 8.53. The van der Waals surface area contributed by atoms with E-state index in [1.54, 1.807) is 24.3 Å². The molecule has 5 nitrogen and oxygen atoms in total. The SMILES string of the molecule is Cc1nc(Nc2ccc(S(C)(=O)=O)cc2)cc(C(C)(C)C)n1. The molecule has 0 unspecified atom stereocenters. The van der Waals surface area contributed by atoms with Gasteiger partial charge in [-0.3, -0.25) is 0 Å². The molecule has 0 spiro atoms. The van der Waals surface area contributed by atoms with Crippen molar-refractivity contribution in [3.8, 4) is 0 Å². The summed E-state index contributed by atoms with van der Waals surface area (Å²) in [6.07, 6.45) is 1.19. The van der Waals surface area contributed by atoms with Crippen LogP contribution in [0.1, 0.15) is 32.3 Å². The van der Waals surface area contributed by atoms with Gasteiger partial charge in [0.15, 0.2) is 9.84 Å². The average molecular weight is 319 g/mol. The summed E-state index contributed by atoms with van der Waals surface area (Å²) in [5.41, 5.74) is 1.67. The van der Waals surface area contributed by atoms with E-state index >= 15 is 0 Å². The van der Waals surface area contributed by atoms with E-state index in [0.29, 0.717) is 16.5 Å². The minimum absolute atomic E-state index is 0.0652. The van der Waals surface area contributed by atoms with Gasteiger partial charge in [-0.25, -0.2) is 18.4 Å². The molecular weight excluding hydrogens is 298 g/mol. The van der Waals surface area contributed by atoms with Crippen molar-refractivity contribution >= 4 is 21.3 Å². The van der Waals surface area contributed by atoms with Gasteiger partial charge in [0.2, 0.25) is 0 Å². The Morgan fingerprint density at radius 3 is 2.14 bits per heavy atom. The molecule has 1 heterocycles. The Bertz CT molecular complexity index is 776. The average Bonchev–Trinajstić information content (AvgIpc) is 2.36. The fourth-order valence-electron chi connectivity index (χ4n) is 1.95. The van der Waals surface area contributed by atoms with E-state index in [4.69, 9.17) is 0 Å². The number of benzene rings is 1. The monoisotopic (exact) mass is 319 g/mol. The lowest BCUT2D eigenvalue weighted by atomic mass is 9.92. The summed E-state index contributed by atoms with van der Waals surface area (Å²) < 4.78 is 22.9. The normalized spacial score (nSPS) is 12.2. The second-order valence-corrected chi connectivity index (χ2v) is 8.37. The van der Waals surface area contributed by atoms with Crippen LogP contribution in [-0.2, 0) is 15.3 Å². The number of hydrogen-bond acceptors (Lipinski definition) is 5. The summed E-state index contributed by atoms with van der Waals surface area (Å²) in [7, 11) is -3.18. The Labute approximate surface area is 131 Å². The highest BCUT2D eigenvalue weighted by Gasteiger charge is 2.17. The fourth-order valence-corrected chi connectivity index (χ4v) is 2.58. The molecule has 0 fully saturated rings. The number of sulfone groups is 1. The van der Waals surface area contributed by atoms with Crippen LogP contribution in [0.5, 0.6) is 0 Å². The van der Waals surface area contributed by atoms with Crippen molar-refractivity contribution in [1.82, 2.24) is 9.97 Å². The lowest BCUT2D eigenvalue weighted by Crippen LogP contribution is -2.15. The largest absolute Gasteiger partial charge is 0.340 e. The molecule has 118 valence electrons. The first kappa shape index (κ1) is 16.4. The Kier molecular flexibility index (Phi) is 4.24. The van der Waals surface area contributed by atoms with Crippen molar-refractivity contribution in [3.05, 3.63) is 41.9 Å². The molecule has 0 saturated carbocycles. The topological polar surface area (TPSA) is 72.0 Å². The molecule has 1 N–H and O–H groups in total. The van der Waals surface area contributed by atoms with Gasteiger partial charge in [-0.15, -0.1) is 0 Å². The molecule has 2 aromatic rings. The Morgan fingerprint density at radius 2 is 1.64 bits per heavy atom. The van der Waals surface area contributed by atoms with Crippen molar-refractivity contribution in [2.24, 2.45) is 0 Å². The molecule has 0 atom stereocenters. The van der Waals surface area contributed by atoms with Crippen LogP contribution in [-0.4, -0.2) is 24.6 Å². The number of rotatable bonds is 3. The molecule has 2 rings (SSSR count). The van der Waals surface area contributed by atoms with Gasteiger partial charge in [-0.1, -0.05) is 20.8 Å². The number of nitrogens with one attached hydrogen (secondary N) is 1. The van der Waals surface area contributed by atoms with Crippen LogP contribution < -0.4 is 5.32 Å². The first-order chi connectivity index (χ1) is 10.1. The first-order valence-electron chi connectivity index (χ1n) is 6.99. The third-order valence-corrected chi connectivity index (χ3v) is 4.29. The molecule has 22 heavy (non-hydrogen) atoms. The Morgan fingerprint density at radius 1 is 1.05 bits per heavy atom. The molecule has 1 aromatic heterocycles. The van der Waals surface area contributed by atoms with Crippen LogP contribution in [0.25, 0.3) is 0 Å². The predicted molar refractivity (Wildman–Crippen MR) is 88.3 cm³/mol. The van der Waals surface area contributed by atoms with Gasteiger partial charge in [0.05, 0.1) is 10.6 Å². The van der Waals surface area contributed by atoms with Crippen LogP contribution in [0.4, 0.5) is 11.5 Å². The van der Waals surface area contributed by atoms with E-state index in [-0.39, 0.29) is 5.41 Å². The van der Waals surface area contributed by atoms with Crippen molar-refractivity contribution in [2.45, 2.75) is 38.0 Å². The minimum atomic E-state index is -3.18. The lowest BCUT2D eigenvalue weighted by Gasteiger charge is -2.19. The van der Waals surface area contributed by atoms with Gasteiger partial charge in [0, 0.05) is 23.4 Å². The van der Waals surface area contributed by atoms with Gasteiger partial charge < -0.3 is 5.32 Å². The van der Waals surface area contributed by atoms with Crippen LogP contribution in [0, 0.1) is 6.92 Å². The standard InChI is InChI=1S/C16H21N3O2S/c1-11-17-14(16(2,3)4)10-15(18-11)19-12-6-8-13(9-7-12)22(5,20)21/h6-10H,1-5H3,(H,17,18,19). The van der Waals surface area contributed by atoms with E-state index in [1.807, 2.05) is 13.0 Å². The van der Waals surface area contributed by atoms with Crippen LogP contribution in [0.2, 0.25) is 0 Å². The van der Waals surface area contributed by atoms with Crippen molar-refractivity contribution in [2.75, 3.05) is 11.6 Å². The third kappa shape index (κ3) is 4.04. The molecular formula is C16H21N3O2S. The molecule has 0 aliphatic heterocycles. The molecule has 6 heteroatoms. The van der Waals surface area contributed by atoms with E-state index in [1.165, 1.54) is 6.26 Å². The minimum Gasteiger partial charge on any atom is -0.340 e. The third-order valence-electron chi connectivity index (χ3n) is 3.16. The Hall–Kier alpha value is -1.95. The second-order valence-electron chi connectivity index (χ2n) is 6.36. The number of aromatic nitrogens is 2. The van der Waals surface area contributed by atoms with Crippen LogP contribution in [0.15, 0.2) is 35.2 Å². The van der Waals surface area contributed by atoms with E-state index < -0.39 is 9.84 Å². The lowest BCUT2D eigenvalue weighted by molar-refractivity contribution is 0.565. The number of hydrogen-bond donors (Lipinski definition) is 1. The zero-order valence-corrected chi connectivity index (χ0v) is 14.3. The van der Waals surface area contributed by atoms with Gasteiger partial charge in [0.25, 0.3) is 0 Å². The summed E-state index contributed by atoms with van der Waals surface area (Å²) >= 11 is 0. The molecule has 0 radical (unpaired) electrons. The van der Waals surface area contributed by atoms with E-state index in [0.717, 1.165) is 11.4 Å². The highest BCUT2D eigenvalue weighted by molar-refractivity contribution is 7.90. The number of anilines is 2. The molecule has 0 amide bonds. The van der Waals surface area contributed by atoms with Crippen LogP contribution >= 0.6 is 0 Å². The maximum absolute atomic E-state index is 11.5. The number of aryl methyl sites for hydroxylation is 1. The van der Waals surface area contributed by atoms with Gasteiger partial charge in [-0.05, 0) is 31.2 Å². The zero-order chi connectivity index (χ0) is 16.5. The van der Waals surface area contributed by atoms with E-state index in [9.17, 15) is 8.42 Å². The maximum Gasteiger partial charge on any atom is 0.175 e. The van der Waals surface area contributed by atoms with Crippen molar-refractivity contribution in [1.29, 1.82) is 0 Å². The number of nitrogens with zero attached hydrogens (tertiary/aromatic N) is 2. The highest BCUT2D eigenvalue weighted by atomic mass is 32.2. The molecule has 0 bridgehead atoms. The summed E-state index contributed by atoms with van der Waals surface area (Å²) in [6.45, 7) is 8.14. The molecule has 0 aliphatic rings. The summed E-state index contributed by atoms with van der Waals surface area (Å²) in [5, 5.41) is 3.19. The van der Waals surface area contributed by atoms with Crippen molar-refractivity contribution in [3.63, 3.8) is 0 Å². The summed E-state index contributed by atoms with van der Waals surface area (Å²) in [5.74, 6) is 1.40. The first-order valence-corrected chi connectivity index (χ1v) is 8.88. The van der Waals surface area contributed by atoms with Gasteiger partial charge >= 0.3 is 0 Å². The smallest absolute Gasteiger partial charge is 0.175 e.